The maximum Gasteiger partial charge on any atom is 0.0722 e. The Labute approximate surface area is 123 Å². The molecule has 20 heavy (non-hydrogen) atoms. The summed E-state index contributed by atoms with van der Waals surface area (Å²) in [5, 5.41) is 11.6. The van der Waals surface area contributed by atoms with E-state index in [1.807, 2.05) is 7.05 Å². The molecule has 4 heteroatoms. The molecule has 3 nitrogen and oxygen atoms in total. The Balaban J connectivity index is 1.98. The van der Waals surface area contributed by atoms with Gasteiger partial charge in [0.1, 0.15) is 0 Å². The quantitative estimate of drug-likeness (QED) is 0.776. The molecule has 0 bridgehead atoms. The third kappa shape index (κ3) is 2.37. The van der Waals surface area contributed by atoms with E-state index in [1.165, 1.54) is 21.5 Å². The average molecular weight is 285 g/mol. The van der Waals surface area contributed by atoms with E-state index in [4.69, 9.17) is 5.10 Å². The van der Waals surface area contributed by atoms with Crippen LogP contribution in [0.3, 0.4) is 0 Å². The zero-order chi connectivity index (χ0) is 13.9. The van der Waals surface area contributed by atoms with E-state index < -0.39 is 0 Å². The molecule has 3 aromatic rings. The van der Waals surface area contributed by atoms with Gasteiger partial charge in [-0.15, -0.1) is 11.3 Å². The van der Waals surface area contributed by atoms with Crippen LogP contribution < -0.4 is 5.32 Å². The molecule has 1 unspecified atom stereocenters. The molecule has 0 radical (unpaired) electrons. The molecule has 2 heterocycles. The van der Waals surface area contributed by atoms with Crippen LogP contribution in [0.2, 0.25) is 0 Å². The van der Waals surface area contributed by atoms with Gasteiger partial charge in [-0.2, -0.15) is 5.10 Å². The zero-order valence-corrected chi connectivity index (χ0v) is 12.7. The summed E-state index contributed by atoms with van der Waals surface area (Å²) in [5.41, 5.74) is 2.40. The van der Waals surface area contributed by atoms with Gasteiger partial charge in [-0.3, -0.25) is 4.68 Å². The largest absolute Gasteiger partial charge is 0.312 e. The number of aryl methyl sites for hydroxylation is 1. The SMILES string of the molecule is CCn1nc(CC(NC)c2cccs2)c2ccccc21. The maximum absolute atomic E-state index is 4.79. The molecule has 1 atom stereocenters. The predicted molar refractivity (Wildman–Crippen MR) is 85.2 cm³/mol. The summed E-state index contributed by atoms with van der Waals surface area (Å²) in [6.45, 7) is 3.04. The van der Waals surface area contributed by atoms with Gasteiger partial charge in [0.15, 0.2) is 0 Å². The minimum Gasteiger partial charge on any atom is -0.312 e. The van der Waals surface area contributed by atoms with Crippen molar-refractivity contribution in [1.82, 2.24) is 15.1 Å². The first-order valence-corrected chi connectivity index (χ1v) is 7.86. The lowest BCUT2D eigenvalue weighted by atomic mass is 10.1. The summed E-state index contributed by atoms with van der Waals surface area (Å²) < 4.78 is 2.09. The van der Waals surface area contributed by atoms with Gasteiger partial charge in [-0.1, -0.05) is 24.3 Å². The van der Waals surface area contributed by atoms with Crippen LogP contribution in [-0.4, -0.2) is 16.8 Å². The van der Waals surface area contributed by atoms with Crippen LogP contribution in [0.4, 0.5) is 0 Å². The van der Waals surface area contributed by atoms with Gasteiger partial charge >= 0.3 is 0 Å². The molecule has 0 aliphatic rings. The fourth-order valence-electron chi connectivity index (χ4n) is 2.62. The van der Waals surface area contributed by atoms with Crippen molar-refractivity contribution in [1.29, 1.82) is 0 Å². The number of aromatic nitrogens is 2. The molecule has 0 amide bonds. The van der Waals surface area contributed by atoms with Crippen LogP contribution in [-0.2, 0) is 13.0 Å². The lowest BCUT2D eigenvalue weighted by molar-refractivity contribution is 0.580. The first-order valence-electron chi connectivity index (χ1n) is 6.98. The van der Waals surface area contributed by atoms with Crippen molar-refractivity contribution in [2.45, 2.75) is 25.9 Å². The Morgan fingerprint density at radius 2 is 2.10 bits per heavy atom. The van der Waals surface area contributed by atoms with Gasteiger partial charge in [-0.25, -0.2) is 0 Å². The van der Waals surface area contributed by atoms with E-state index in [0.717, 1.165) is 13.0 Å². The third-order valence-corrected chi connectivity index (χ3v) is 4.65. The topological polar surface area (TPSA) is 29.9 Å². The Bertz CT molecular complexity index is 685. The van der Waals surface area contributed by atoms with Crippen LogP contribution in [0, 0.1) is 0 Å². The number of likely N-dealkylation sites (N-methyl/N-ethyl adjacent to an activating group) is 1. The fourth-order valence-corrected chi connectivity index (χ4v) is 3.45. The molecule has 0 aliphatic heterocycles. The monoisotopic (exact) mass is 285 g/mol. The minimum absolute atomic E-state index is 0.332. The highest BCUT2D eigenvalue weighted by atomic mass is 32.1. The summed E-state index contributed by atoms with van der Waals surface area (Å²) in [6.07, 6.45) is 0.921. The van der Waals surface area contributed by atoms with Gasteiger partial charge in [0.2, 0.25) is 0 Å². The molecule has 0 fully saturated rings. The highest BCUT2D eigenvalue weighted by molar-refractivity contribution is 7.10. The van der Waals surface area contributed by atoms with E-state index in [0.29, 0.717) is 6.04 Å². The molecular weight excluding hydrogens is 266 g/mol. The number of para-hydroxylation sites is 1. The number of hydrogen-bond donors (Lipinski definition) is 1. The van der Waals surface area contributed by atoms with Crippen molar-refractivity contribution in [2.75, 3.05) is 7.05 Å². The Morgan fingerprint density at radius 3 is 2.80 bits per heavy atom. The zero-order valence-electron chi connectivity index (χ0n) is 11.8. The second-order valence-corrected chi connectivity index (χ2v) is 5.82. The van der Waals surface area contributed by atoms with Crippen LogP contribution in [0.1, 0.15) is 23.5 Å². The second-order valence-electron chi connectivity index (χ2n) is 4.84. The van der Waals surface area contributed by atoms with Gasteiger partial charge < -0.3 is 5.32 Å². The third-order valence-electron chi connectivity index (χ3n) is 3.67. The van der Waals surface area contributed by atoms with Crippen molar-refractivity contribution in [3.63, 3.8) is 0 Å². The molecule has 0 aliphatic carbocycles. The molecule has 0 saturated heterocycles. The van der Waals surface area contributed by atoms with Gasteiger partial charge in [-0.05, 0) is 31.5 Å². The summed E-state index contributed by atoms with van der Waals surface area (Å²) >= 11 is 1.80. The molecular formula is C16H19N3S. The molecule has 0 saturated carbocycles. The van der Waals surface area contributed by atoms with Crippen molar-refractivity contribution in [2.24, 2.45) is 0 Å². The van der Waals surface area contributed by atoms with Gasteiger partial charge in [0.25, 0.3) is 0 Å². The lowest BCUT2D eigenvalue weighted by Gasteiger charge is -2.13. The van der Waals surface area contributed by atoms with Gasteiger partial charge in [0.05, 0.1) is 11.2 Å². The van der Waals surface area contributed by atoms with Crippen LogP contribution in [0.25, 0.3) is 10.9 Å². The van der Waals surface area contributed by atoms with Crippen LogP contribution in [0.5, 0.6) is 0 Å². The molecule has 2 aromatic heterocycles. The number of rotatable bonds is 5. The molecule has 1 N–H and O–H groups in total. The number of fused-ring (bicyclic) bond motifs is 1. The van der Waals surface area contributed by atoms with E-state index in [-0.39, 0.29) is 0 Å². The van der Waals surface area contributed by atoms with Gasteiger partial charge in [0, 0.05) is 29.3 Å². The fraction of sp³-hybridized carbons (Fsp3) is 0.312. The Kier molecular flexibility index (Phi) is 3.85. The molecule has 3 rings (SSSR count). The van der Waals surface area contributed by atoms with Crippen molar-refractivity contribution in [3.05, 3.63) is 52.3 Å². The highest BCUT2D eigenvalue weighted by Gasteiger charge is 2.16. The molecule has 104 valence electrons. The standard InChI is InChI=1S/C16H19N3S/c1-3-19-15-8-5-4-7-12(15)13(18-19)11-14(17-2)16-9-6-10-20-16/h4-10,14,17H,3,11H2,1-2H3. The number of thiophene rings is 1. The van der Waals surface area contributed by atoms with E-state index in [9.17, 15) is 0 Å². The average Bonchev–Trinajstić information content (AvgIpc) is 3.13. The number of nitrogens with one attached hydrogen (secondary N) is 1. The molecule has 0 spiro atoms. The molecule has 1 aromatic carbocycles. The maximum atomic E-state index is 4.79. The van der Waals surface area contributed by atoms with Crippen molar-refractivity contribution >= 4 is 22.2 Å². The summed E-state index contributed by atoms with van der Waals surface area (Å²) in [6, 6.07) is 13.1. The van der Waals surface area contributed by atoms with Crippen LogP contribution in [0.15, 0.2) is 41.8 Å². The minimum atomic E-state index is 0.332. The number of hydrogen-bond acceptors (Lipinski definition) is 3. The second kappa shape index (κ2) is 5.77. The van der Waals surface area contributed by atoms with E-state index in [2.05, 4.69) is 58.7 Å². The Hall–Kier alpha value is -1.65. The summed E-state index contributed by atoms with van der Waals surface area (Å²) in [7, 11) is 2.02. The van der Waals surface area contributed by atoms with Crippen molar-refractivity contribution < 1.29 is 0 Å². The first kappa shape index (κ1) is 13.3. The van der Waals surface area contributed by atoms with E-state index in [1.54, 1.807) is 11.3 Å². The number of nitrogens with zero attached hydrogens (tertiary/aromatic N) is 2. The smallest absolute Gasteiger partial charge is 0.0722 e. The normalized spacial score (nSPS) is 12.9. The number of benzene rings is 1. The first-order chi connectivity index (χ1) is 9.83. The highest BCUT2D eigenvalue weighted by Crippen LogP contribution is 2.26. The van der Waals surface area contributed by atoms with Crippen LogP contribution >= 0.6 is 11.3 Å². The van der Waals surface area contributed by atoms with E-state index >= 15 is 0 Å². The predicted octanol–water partition coefficient (Wildman–Crippen LogP) is 3.62. The summed E-state index contributed by atoms with van der Waals surface area (Å²) in [4.78, 5) is 1.36. The van der Waals surface area contributed by atoms with Crippen molar-refractivity contribution in [3.8, 4) is 0 Å². The summed E-state index contributed by atoms with van der Waals surface area (Å²) in [5.74, 6) is 0. The lowest BCUT2D eigenvalue weighted by Crippen LogP contribution is -2.18. The Morgan fingerprint density at radius 1 is 1.25 bits per heavy atom.